The molecule has 3 atom stereocenters. The summed E-state index contributed by atoms with van der Waals surface area (Å²) in [4.78, 5) is 23.0. The highest BCUT2D eigenvalue weighted by atomic mass is 16.4. The van der Waals surface area contributed by atoms with Gasteiger partial charge >= 0.3 is 5.97 Å². The maximum atomic E-state index is 12.4. The first-order valence-corrected chi connectivity index (χ1v) is 10.7. The number of ketones is 1. The predicted molar refractivity (Wildman–Crippen MR) is 111 cm³/mol. The number of unbranched alkanes of at least 4 members (excludes halogenated alkanes) is 3. The molecule has 2 N–H and O–H groups in total. The molecule has 1 fully saturated rings. The number of hydrogen-bond donors (Lipinski definition) is 2. The van der Waals surface area contributed by atoms with Gasteiger partial charge in [0.15, 0.2) is 0 Å². The highest BCUT2D eigenvalue weighted by molar-refractivity contribution is 5.88. The number of hydrogen-bond acceptors (Lipinski definition) is 3. The summed E-state index contributed by atoms with van der Waals surface area (Å²) >= 11 is 0. The summed E-state index contributed by atoms with van der Waals surface area (Å²) in [5.74, 6) is -0.201. The molecule has 4 nitrogen and oxygen atoms in total. The fraction of sp³-hybridized carbons (Fsp3) is 0.583. The Balaban J connectivity index is 1.91. The second kappa shape index (κ2) is 11.8. The van der Waals surface area contributed by atoms with E-state index in [1.165, 1.54) is 0 Å². The van der Waals surface area contributed by atoms with Crippen molar-refractivity contribution in [3.05, 3.63) is 47.5 Å². The lowest BCUT2D eigenvalue weighted by atomic mass is 9.85. The van der Waals surface area contributed by atoms with Crippen molar-refractivity contribution in [2.75, 3.05) is 0 Å². The number of rotatable bonds is 12. The van der Waals surface area contributed by atoms with Gasteiger partial charge in [-0.25, -0.2) is 0 Å². The Morgan fingerprint density at radius 3 is 2.61 bits per heavy atom. The maximum Gasteiger partial charge on any atom is 0.303 e. The van der Waals surface area contributed by atoms with Gasteiger partial charge in [-0.05, 0) is 49.1 Å². The van der Waals surface area contributed by atoms with Crippen LogP contribution in [0.15, 0.2) is 36.4 Å². The minimum absolute atomic E-state index is 0.0602. The van der Waals surface area contributed by atoms with Crippen LogP contribution in [0.5, 0.6) is 0 Å². The molecule has 1 aromatic rings. The van der Waals surface area contributed by atoms with Gasteiger partial charge in [-0.3, -0.25) is 9.59 Å². The van der Waals surface area contributed by atoms with Crippen molar-refractivity contribution in [2.24, 2.45) is 5.92 Å². The maximum absolute atomic E-state index is 12.4. The monoisotopic (exact) mass is 386 g/mol. The van der Waals surface area contributed by atoms with Crippen LogP contribution in [0.1, 0.15) is 94.3 Å². The van der Waals surface area contributed by atoms with Gasteiger partial charge in [0.1, 0.15) is 5.78 Å². The summed E-state index contributed by atoms with van der Waals surface area (Å²) in [7, 11) is 0. The van der Waals surface area contributed by atoms with Gasteiger partial charge in [0.05, 0.1) is 6.10 Å². The number of allylic oxidation sites excluding steroid dienone is 2. The number of aliphatic carboxylic acids is 1. The molecule has 1 unspecified atom stereocenters. The van der Waals surface area contributed by atoms with Crippen LogP contribution in [0.4, 0.5) is 0 Å². The van der Waals surface area contributed by atoms with Crippen molar-refractivity contribution in [3.8, 4) is 0 Å². The number of carboxylic acids is 1. The minimum atomic E-state index is -0.756. The second-order valence-electron chi connectivity index (χ2n) is 7.91. The molecule has 0 aromatic heterocycles. The molecule has 0 radical (unpaired) electrons. The smallest absolute Gasteiger partial charge is 0.303 e. The molecule has 4 heteroatoms. The SMILES string of the molecule is CCCCCC(O)c1ccc([C@H]2C(=O)CC[C@@H]2C/C=C\CCCC(=O)O)cc1. The molecule has 1 saturated carbocycles. The van der Waals surface area contributed by atoms with Crippen LogP contribution in [-0.4, -0.2) is 22.0 Å². The standard InChI is InChI=1S/C24H34O4/c1-2-3-6-10-21(25)18-12-14-20(15-13-18)24-19(16-17-22(24)26)9-7-4-5-8-11-23(27)28/h4,7,12-15,19,21,24-25H,2-3,5-6,8-11,16-17H2,1H3,(H,27,28)/b7-4-/t19-,21?,24-/m0/s1. The van der Waals surface area contributed by atoms with Crippen LogP contribution in [-0.2, 0) is 9.59 Å². The number of carbonyl (C=O) groups excluding carboxylic acids is 1. The normalized spacial score (nSPS) is 20.7. The van der Waals surface area contributed by atoms with Gasteiger partial charge in [0, 0.05) is 18.8 Å². The molecule has 0 amide bonds. The van der Waals surface area contributed by atoms with E-state index in [1.54, 1.807) is 0 Å². The lowest BCUT2D eigenvalue weighted by Crippen LogP contribution is -2.12. The van der Waals surface area contributed by atoms with Crippen molar-refractivity contribution in [1.29, 1.82) is 0 Å². The molecule has 0 heterocycles. The van der Waals surface area contributed by atoms with Crippen molar-refractivity contribution in [3.63, 3.8) is 0 Å². The van der Waals surface area contributed by atoms with Crippen LogP contribution in [0, 0.1) is 5.92 Å². The quantitative estimate of drug-likeness (QED) is 0.364. The Labute approximate surface area is 168 Å². The third kappa shape index (κ3) is 6.90. The first-order valence-electron chi connectivity index (χ1n) is 10.7. The number of aliphatic hydroxyl groups excluding tert-OH is 1. The summed E-state index contributed by atoms with van der Waals surface area (Å²) in [6, 6.07) is 7.96. The van der Waals surface area contributed by atoms with E-state index in [0.717, 1.165) is 56.1 Å². The molecule has 1 aliphatic carbocycles. The molecule has 1 aliphatic rings. The van der Waals surface area contributed by atoms with E-state index < -0.39 is 12.1 Å². The average molecular weight is 387 g/mol. The number of benzene rings is 1. The second-order valence-corrected chi connectivity index (χ2v) is 7.91. The van der Waals surface area contributed by atoms with Crippen LogP contribution in [0.3, 0.4) is 0 Å². The number of carbonyl (C=O) groups is 2. The van der Waals surface area contributed by atoms with Crippen molar-refractivity contribution in [1.82, 2.24) is 0 Å². The fourth-order valence-electron chi connectivity index (χ4n) is 4.06. The molecule has 154 valence electrons. The van der Waals surface area contributed by atoms with Gasteiger partial charge < -0.3 is 10.2 Å². The molecule has 0 aliphatic heterocycles. The summed E-state index contributed by atoms with van der Waals surface area (Å²) in [6.07, 6.45) is 11.8. The molecule has 0 spiro atoms. The lowest BCUT2D eigenvalue weighted by Gasteiger charge is -2.18. The Bertz CT molecular complexity index is 647. The van der Waals surface area contributed by atoms with Crippen molar-refractivity contribution >= 4 is 11.8 Å². The third-order valence-electron chi connectivity index (χ3n) is 5.71. The molecular weight excluding hydrogens is 352 g/mol. The molecule has 0 saturated heterocycles. The topological polar surface area (TPSA) is 74.6 Å². The number of carboxylic acid groups (broad SMARTS) is 1. The lowest BCUT2D eigenvalue weighted by molar-refractivity contribution is -0.137. The van der Waals surface area contributed by atoms with Gasteiger partial charge in [-0.1, -0.05) is 62.6 Å². The summed E-state index contributed by atoms with van der Waals surface area (Å²) in [5, 5.41) is 19.0. The van der Waals surface area contributed by atoms with E-state index >= 15 is 0 Å². The summed E-state index contributed by atoms with van der Waals surface area (Å²) in [6.45, 7) is 2.15. The van der Waals surface area contributed by atoms with Gasteiger partial charge in [0.2, 0.25) is 0 Å². The Hall–Kier alpha value is -1.94. The minimum Gasteiger partial charge on any atom is -0.481 e. The third-order valence-corrected chi connectivity index (χ3v) is 5.71. The number of Topliss-reactive ketones (excluding diaryl/α,β-unsaturated/α-hetero) is 1. The van der Waals surface area contributed by atoms with E-state index in [1.807, 2.05) is 30.3 Å². The van der Waals surface area contributed by atoms with Crippen LogP contribution >= 0.6 is 0 Å². The zero-order valence-corrected chi connectivity index (χ0v) is 17.0. The number of aliphatic hydroxyl groups is 1. The van der Waals surface area contributed by atoms with Gasteiger partial charge in [0.25, 0.3) is 0 Å². The highest BCUT2D eigenvalue weighted by Crippen LogP contribution is 2.39. The summed E-state index contributed by atoms with van der Waals surface area (Å²) in [5.41, 5.74) is 1.98. The molecule has 1 aromatic carbocycles. The van der Waals surface area contributed by atoms with E-state index in [4.69, 9.17) is 5.11 Å². The van der Waals surface area contributed by atoms with E-state index in [0.29, 0.717) is 24.5 Å². The fourth-order valence-corrected chi connectivity index (χ4v) is 4.06. The Morgan fingerprint density at radius 2 is 1.93 bits per heavy atom. The first-order chi connectivity index (χ1) is 13.5. The Kier molecular flexibility index (Phi) is 9.42. The van der Waals surface area contributed by atoms with Crippen molar-refractivity contribution < 1.29 is 19.8 Å². The highest BCUT2D eigenvalue weighted by Gasteiger charge is 2.34. The van der Waals surface area contributed by atoms with Crippen LogP contribution in [0.25, 0.3) is 0 Å². The first kappa shape index (κ1) is 22.4. The van der Waals surface area contributed by atoms with E-state index in [-0.39, 0.29) is 12.3 Å². The van der Waals surface area contributed by atoms with E-state index in [2.05, 4.69) is 13.0 Å². The zero-order valence-electron chi connectivity index (χ0n) is 17.0. The predicted octanol–water partition coefficient (Wildman–Crippen LogP) is 5.56. The molecule has 2 rings (SSSR count). The zero-order chi connectivity index (χ0) is 20.4. The summed E-state index contributed by atoms with van der Waals surface area (Å²) < 4.78 is 0. The molecule has 0 bridgehead atoms. The largest absolute Gasteiger partial charge is 0.481 e. The van der Waals surface area contributed by atoms with Gasteiger partial charge in [-0.2, -0.15) is 0 Å². The van der Waals surface area contributed by atoms with Crippen molar-refractivity contribution in [2.45, 2.75) is 83.2 Å². The van der Waals surface area contributed by atoms with Crippen LogP contribution in [0.2, 0.25) is 0 Å². The van der Waals surface area contributed by atoms with Crippen LogP contribution < -0.4 is 0 Å². The van der Waals surface area contributed by atoms with E-state index in [9.17, 15) is 14.7 Å². The molecule has 28 heavy (non-hydrogen) atoms. The molecular formula is C24H34O4. The Morgan fingerprint density at radius 1 is 1.18 bits per heavy atom. The average Bonchev–Trinajstić information content (AvgIpc) is 3.05. The van der Waals surface area contributed by atoms with Gasteiger partial charge in [-0.15, -0.1) is 0 Å².